The highest BCUT2D eigenvalue weighted by Gasteiger charge is 1.88. The fourth-order valence-electron chi connectivity index (χ4n) is 0.288. The van der Waals surface area contributed by atoms with E-state index in [2.05, 4.69) is 0 Å². The van der Waals surface area contributed by atoms with E-state index in [1.165, 1.54) is 0 Å². The summed E-state index contributed by atoms with van der Waals surface area (Å²) in [6.45, 7) is 0. The number of carboxylic acids is 2. The van der Waals surface area contributed by atoms with Gasteiger partial charge in [0.2, 0.25) is 0 Å². The van der Waals surface area contributed by atoms with Crippen molar-refractivity contribution in [3.63, 3.8) is 0 Å². The molecule has 0 spiro atoms. The lowest BCUT2D eigenvalue weighted by Crippen LogP contribution is -2.39. The van der Waals surface area contributed by atoms with Crippen LogP contribution in [0, 0.1) is 10.8 Å². The van der Waals surface area contributed by atoms with Gasteiger partial charge in [0.15, 0.2) is 11.9 Å². The molecule has 0 aliphatic rings. The molecule has 0 saturated carbocycles. The Morgan fingerprint density at radius 2 is 1.27 bits per heavy atom. The number of nitrogens with two attached hydrogens (primary N) is 2. The Balaban J connectivity index is 0. The molecule has 0 aromatic carbocycles. The van der Waals surface area contributed by atoms with Crippen molar-refractivity contribution in [2.45, 2.75) is 0 Å². The normalized spacial score (nSPS) is 8.53. The van der Waals surface area contributed by atoms with Crippen LogP contribution in [0.25, 0.3) is 0 Å². The largest absolute Gasteiger partial charge is 0.478 e. The van der Waals surface area contributed by atoms with E-state index >= 15 is 0 Å². The van der Waals surface area contributed by atoms with E-state index in [0.29, 0.717) is 12.2 Å². The summed E-state index contributed by atoms with van der Waals surface area (Å²) in [5.74, 6) is -3.14. The van der Waals surface area contributed by atoms with Crippen molar-refractivity contribution < 1.29 is 19.8 Å². The van der Waals surface area contributed by atoms with Crippen LogP contribution in [0.15, 0.2) is 12.2 Å². The van der Waals surface area contributed by atoms with Gasteiger partial charge in [0.25, 0.3) is 0 Å². The monoisotopic (exact) mass is 217 g/mol. The molecule has 0 amide bonds. The first kappa shape index (κ1) is 14.9. The molecule has 0 bridgehead atoms. The van der Waals surface area contributed by atoms with E-state index in [4.69, 9.17) is 32.5 Å². The Morgan fingerprint density at radius 3 is 1.33 bits per heavy atom. The van der Waals surface area contributed by atoms with Crippen molar-refractivity contribution in [1.82, 2.24) is 5.32 Å². The molecule has 0 aliphatic heterocycles. The Labute approximate surface area is 84.4 Å². The van der Waals surface area contributed by atoms with Gasteiger partial charge >= 0.3 is 11.9 Å². The van der Waals surface area contributed by atoms with Crippen molar-refractivity contribution in [2.75, 3.05) is 0 Å². The lowest BCUT2D eigenvalue weighted by Gasteiger charge is -1.95. The van der Waals surface area contributed by atoms with Crippen LogP contribution < -0.4 is 16.8 Å². The lowest BCUT2D eigenvalue weighted by atomic mass is 10.5. The second-order valence-electron chi connectivity index (χ2n) is 1.96. The van der Waals surface area contributed by atoms with Crippen molar-refractivity contribution in [1.29, 1.82) is 10.8 Å². The lowest BCUT2D eigenvalue weighted by molar-refractivity contribution is -0.134. The Morgan fingerprint density at radius 1 is 1.00 bits per heavy atom. The summed E-state index contributed by atoms with van der Waals surface area (Å²) in [4.78, 5) is 19.1. The average Bonchev–Trinajstić information content (AvgIpc) is 1.99. The molecular formula is C6H11N5O4. The van der Waals surface area contributed by atoms with Gasteiger partial charge in [-0.05, 0) is 0 Å². The average molecular weight is 217 g/mol. The van der Waals surface area contributed by atoms with Crippen LogP contribution in [-0.4, -0.2) is 34.1 Å². The summed E-state index contributed by atoms with van der Waals surface area (Å²) < 4.78 is 0. The number of nitrogens with one attached hydrogen (secondary N) is 3. The smallest absolute Gasteiger partial charge is 0.328 e. The highest BCUT2D eigenvalue weighted by Crippen LogP contribution is 1.70. The zero-order valence-corrected chi connectivity index (χ0v) is 7.52. The molecule has 0 atom stereocenters. The molecule has 0 radical (unpaired) electrons. The number of hydrogen-bond donors (Lipinski definition) is 7. The van der Waals surface area contributed by atoms with Crippen LogP contribution in [0.4, 0.5) is 0 Å². The predicted octanol–water partition coefficient (Wildman–Crippen LogP) is -1.93. The maximum Gasteiger partial charge on any atom is 0.328 e. The van der Waals surface area contributed by atoms with Crippen molar-refractivity contribution >= 4 is 23.9 Å². The molecule has 9 nitrogen and oxygen atoms in total. The van der Waals surface area contributed by atoms with E-state index in [9.17, 15) is 9.59 Å². The van der Waals surface area contributed by atoms with E-state index in [1.54, 1.807) is 0 Å². The zero-order valence-electron chi connectivity index (χ0n) is 7.52. The SMILES string of the molecule is N=C(N)NC(=N)N.O=C(O)/C=C/C(=O)O. The molecule has 15 heavy (non-hydrogen) atoms. The van der Waals surface area contributed by atoms with Crippen LogP contribution in [0.3, 0.4) is 0 Å². The maximum absolute atomic E-state index is 9.55. The first-order valence-electron chi connectivity index (χ1n) is 3.34. The Hall–Kier alpha value is -2.58. The minimum Gasteiger partial charge on any atom is -0.478 e. The summed E-state index contributed by atoms with van der Waals surface area (Å²) in [6, 6.07) is 0. The second-order valence-corrected chi connectivity index (χ2v) is 1.96. The third-order valence-corrected chi connectivity index (χ3v) is 0.638. The molecule has 0 aliphatic carbocycles. The highest BCUT2D eigenvalue weighted by molar-refractivity contribution is 5.93. The van der Waals surface area contributed by atoms with Gasteiger partial charge in [0, 0.05) is 12.2 Å². The summed E-state index contributed by atoms with van der Waals surface area (Å²) in [5.41, 5.74) is 9.49. The maximum atomic E-state index is 9.55. The van der Waals surface area contributed by atoms with Gasteiger partial charge in [0.05, 0.1) is 0 Å². The van der Waals surface area contributed by atoms with Gasteiger partial charge in [0.1, 0.15) is 0 Å². The molecule has 84 valence electrons. The molecule has 0 fully saturated rings. The third-order valence-electron chi connectivity index (χ3n) is 0.638. The zero-order chi connectivity index (χ0) is 12.4. The standard InChI is InChI=1S/C4H4O4.C2H7N5/c5-3(6)1-2-4(7)8;3-1(4)7-2(5)6/h1-2H,(H,5,6)(H,7,8);(H7,3,4,5,6,7)/b2-1+;. The van der Waals surface area contributed by atoms with Crippen LogP contribution in [0.2, 0.25) is 0 Å². The molecule has 9 N–H and O–H groups in total. The molecule has 0 aromatic rings. The van der Waals surface area contributed by atoms with Crippen molar-refractivity contribution in [3.8, 4) is 0 Å². The molecular weight excluding hydrogens is 206 g/mol. The first-order valence-corrected chi connectivity index (χ1v) is 3.34. The summed E-state index contributed by atoms with van der Waals surface area (Å²) >= 11 is 0. The quantitative estimate of drug-likeness (QED) is 0.159. The number of aliphatic carboxylic acids is 2. The molecule has 0 rings (SSSR count). The highest BCUT2D eigenvalue weighted by atomic mass is 16.4. The van der Waals surface area contributed by atoms with Crippen LogP contribution >= 0.6 is 0 Å². The molecule has 0 saturated heterocycles. The summed E-state index contributed by atoms with van der Waals surface area (Å²) in [6.07, 6.45) is 1.12. The van der Waals surface area contributed by atoms with Gasteiger partial charge < -0.3 is 21.7 Å². The molecule has 9 heteroatoms. The first-order chi connectivity index (χ1) is 6.75. The van der Waals surface area contributed by atoms with Gasteiger partial charge in [-0.1, -0.05) is 0 Å². The fourth-order valence-corrected chi connectivity index (χ4v) is 0.288. The molecule has 0 aromatic heterocycles. The topological polar surface area (TPSA) is 186 Å². The van der Waals surface area contributed by atoms with Gasteiger partial charge in [-0.3, -0.25) is 16.1 Å². The second kappa shape index (κ2) is 8.04. The number of guanidine groups is 2. The van der Waals surface area contributed by atoms with Gasteiger partial charge in [-0.15, -0.1) is 0 Å². The minimum absolute atomic E-state index is 0.312. The predicted molar refractivity (Wildman–Crippen MR) is 51.4 cm³/mol. The van der Waals surface area contributed by atoms with E-state index in [0.717, 1.165) is 0 Å². The van der Waals surface area contributed by atoms with E-state index in [-0.39, 0.29) is 11.9 Å². The molecule has 0 heterocycles. The Kier molecular flexibility index (Phi) is 7.99. The Bertz CT molecular complexity index is 270. The number of carboxylic acid groups (broad SMARTS) is 2. The number of carbonyl (C=O) groups is 2. The summed E-state index contributed by atoms with van der Waals surface area (Å²) in [5, 5.41) is 30.6. The number of rotatable bonds is 2. The van der Waals surface area contributed by atoms with E-state index < -0.39 is 11.9 Å². The van der Waals surface area contributed by atoms with Crippen molar-refractivity contribution in [3.05, 3.63) is 12.2 Å². The van der Waals surface area contributed by atoms with Gasteiger partial charge in [-0.2, -0.15) is 0 Å². The van der Waals surface area contributed by atoms with E-state index in [1.807, 2.05) is 5.32 Å². The minimum atomic E-state index is -1.26. The number of hydrogen-bond acceptors (Lipinski definition) is 4. The summed E-state index contributed by atoms with van der Waals surface area (Å²) in [7, 11) is 0. The van der Waals surface area contributed by atoms with Crippen LogP contribution in [-0.2, 0) is 9.59 Å². The van der Waals surface area contributed by atoms with Gasteiger partial charge in [-0.25, -0.2) is 9.59 Å². The van der Waals surface area contributed by atoms with Crippen LogP contribution in [0.1, 0.15) is 0 Å². The molecule has 0 unspecified atom stereocenters. The van der Waals surface area contributed by atoms with Crippen LogP contribution in [0.5, 0.6) is 0 Å². The fraction of sp³-hybridized carbons (Fsp3) is 0. The van der Waals surface area contributed by atoms with Crippen molar-refractivity contribution in [2.24, 2.45) is 11.5 Å². The third kappa shape index (κ3) is 24.6.